The van der Waals surface area contributed by atoms with E-state index in [-0.39, 0.29) is 18.4 Å². The Hall–Kier alpha value is -1.49. The molecule has 0 spiro atoms. The van der Waals surface area contributed by atoms with E-state index in [1.165, 1.54) is 0 Å². The van der Waals surface area contributed by atoms with Gasteiger partial charge in [0, 0.05) is 18.3 Å². The number of rotatable bonds is 6. The van der Waals surface area contributed by atoms with Crippen molar-refractivity contribution in [1.29, 1.82) is 0 Å². The largest absolute Gasteiger partial charge is 0.481 e. The van der Waals surface area contributed by atoms with Crippen molar-refractivity contribution in [2.75, 3.05) is 0 Å². The van der Waals surface area contributed by atoms with Gasteiger partial charge < -0.3 is 15.0 Å². The molecule has 0 aromatic carbocycles. The van der Waals surface area contributed by atoms with Crippen LogP contribution in [0.25, 0.3) is 0 Å². The number of amides is 1. The molecule has 1 saturated carbocycles. The van der Waals surface area contributed by atoms with Gasteiger partial charge in [-0.3, -0.25) is 9.59 Å². The molecule has 0 bridgehead atoms. The molecular weight excluding hydrogens is 268 g/mol. The SMILES string of the molecule is CCC(CC(=O)O)NC(=O)c1cc(Cl)cn1C1CC1. The van der Waals surface area contributed by atoms with Gasteiger partial charge in [0.25, 0.3) is 5.91 Å². The highest BCUT2D eigenvalue weighted by atomic mass is 35.5. The number of nitrogens with zero attached hydrogens (tertiary/aromatic N) is 1. The number of aliphatic carboxylic acids is 1. The lowest BCUT2D eigenvalue weighted by Gasteiger charge is -2.15. The lowest BCUT2D eigenvalue weighted by Crippen LogP contribution is -2.37. The molecule has 0 saturated heterocycles. The quantitative estimate of drug-likeness (QED) is 0.843. The van der Waals surface area contributed by atoms with Crippen molar-refractivity contribution in [1.82, 2.24) is 9.88 Å². The van der Waals surface area contributed by atoms with Gasteiger partial charge in [0.1, 0.15) is 5.69 Å². The number of carbonyl (C=O) groups is 2. The smallest absolute Gasteiger partial charge is 0.305 e. The Morgan fingerprint density at radius 2 is 2.26 bits per heavy atom. The number of nitrogens with one attached hydrogen (secondary N) is 1. The molecule has 104 valence electrons. The van der Waals surface area contributed by atoms with E-state index in [9.17, 15) is 9.59 Å². The summed E-state index contributed by atoms with van der Waals surface area (Å²) in [6.07, 6.45) is 4.37. The minimum atomic E-state index is -0.914. The first-order chi connectivity index (χ1) is 9.01. The Balaban J connectivity index is 2.08. The standard InChI is InChI=1S/C13H17ClN2O3/c1-2-9(6-12(17)18)15-13(19)11-5-8(14)7-16(11)10-3-4-10/h5,7,9-10H,2-4,6H2,1H3,(H,15,19)(H,17,18). The summed E-state index contributed by atoms with van der Waals surface area (Å²) in [5.74, 6) is -1.17. The maximum atomic E-state index is 12.2. The summed E-state index contributed by atoms with van der Waals surface area (Å²) in [7, 11) is 0. The number of carbonyl (C=O) groups excluding carboxylic acids is 1. The second-order valence-corrected chi connectivity index (χ2v) is 5.29. The van der Waals surface area contributed by atoms with Crippen LogP contribution in [0.1, 0.15) is 49.1 Å². The van der Waals surface area contributed by atoms with Gasteiger partial charge in [0.15, 0.2) is 0 Å². The van der Waals surface area contributed by atoms with E-state index < -0.39 is 5.97 Å². The fourth-order valence-corrected chi connectivity index (χ4v) is 2.26. The average Bonchev–Trinajstić information content (AvgIpc) is 3.10. The van der Waals surface area contributed by atoms with Gasteiger partial charge in [-0.25, -0.2) is 0 Å². The molecule has 2 N–H and O–H groups in total. The van der Waals surface area contributed by atoms with Crippen molar-refractivity contribution in [2.24, 2.45) is 0 Å². The zero-order chi connectivity index (χ0) is 14.0. The highest BCUT2D eigenvalue weighted by Gasteiger charge is 2.28. The molecule has 1 fully saturated rings. The molecule has 1 aromatic rings. The molecule has 19 heavy (non-hydrogen) atoms. The minimum absolute atomic E-state index is 0.0693. The molecular formula is C13H17ClN2O3. The third-order valence-electron chi connectivity index (χ3n) is 3.24. The molecule has 2 rings (SSSR count). The first-order valence-electron chi connectivity index (χ1n) is 6.41. The van der Waals surface area contributed by atoms with Crippen molar-refractivity contribution in [2.45, 2.75) is 44.7 Å². The molecule has 1 aliphatic rings. The van der Waals surface area contributed by atoms with Gasteiger partial charge in [-0.2, -0.15) is 0 Å². The first kappa shape index (κ1) is 13.9. The average molecular weight is 285 g/mol. The second-order valence-electron chi connectivity index (χ2n) is 4.86. The van der Waals surface area contributed by atoms with Crippen molar-refractivity contribution >= 4 is 23.5 Å². The highest BCUT2D eigenvalue weighted by molar-refractivity contribution is 6.31. The van der Waals surface area contributed by atoms with Crippen LogP contribution in [0.2, 0.25) is 5.02 Å². The number of aromatic nitrogens is 1. The third kappa shape index (κ3) is 3.50. The second kappa shape index (κ2) is 5.65. The summed E-state index contributed by atoms with van der Waals surface area (Å²) in [5.41, 5.74) is 0.510. The molecule has 1 heterocycles. The first-order valence-corrected chi connectivity index (χ1v) is 6.79. The van der Waals surface area contributed by atoms with Crippen LogP contribution in [0.3, 0.4) is 0 Å². The fraction of sp³-hybridized carbons (Fsp3) is 0.538. The summed E-state index contributed by atoms with van der Waals surface area (Å²) in [6.45, 7) is 1.85. The van der Waals surface area contributed by atoms with Crippen LogP contribution in [0.4, 0.5) is 0 Å². The van der Waals surface area contributed by atoms with E-state index in [2.05, 4.69) is 5.32 Å². The molecule has 1 unspecified atom stereocenters. The van der Waals surface area contributed by atoms with E-state index in [1.807, 2.05) is 11.5 Å². The van der Waals surface area contributed by atoms with Crippen LogP contribution < -0.4 is 5.32 Å². The van der Waals surface area contributed by atoms with Crippen LogP contribution in [-0.4, -0.2) is 27.6 Å². The Morgan fingerprint density at radius 3 is 2.79 bits per heavy atom. The van der Waals surface area contributed by atoms with E-state index in [0.717, 1.165) is 12.8 Å². The third-order valence-corrected chi connectivity index (χ3v) is 3.44. The van der Waals surface area contributed by atoms with E-state index in [1.54, 1.807) is 12.3 Å². The summed E-state index contributed by atoms with van der Waals surface area (Å²) in [4.78, 5) is 22.9. The molecule has 5 nitrogen and oxygen atoms in total. The molecule has 6 heteroatoms. The van der Waals surface area contributed by atoms with Crippen molar-refractivity contribution in [3.05, 3.63) is 23.0 Å². The molecule has 1 aliphatic carbocycles. The van der Waals surface area contributed by atoms with Crippen LogP contribution in [0.15, 0.2) is 12.3 Å². The number of hydrogen-bond donors (Lipinski definition) is 2. The van der Waals surface area contributed by atoms with Gasteiger partial charge in [0.2, 0.25) is 0 Å². The maximum absolute atomic E-state index is 12.2. The van der Waals surface area contributed by atoms with E-state index in [0.29, 0.717) is 23.2 Å². The lowest BCUT2D eigenvalue weighted by atomic mass is 10.1. The minimum Gasteiger partial charge on any atom is -0.481 e. The van der Waals surface area contributed by atoms with Gasteiger partial charge >= 0.3 is 5.97 Å². The van der Waals surface area contributed by atoms with Crippen LogP contribution in [0, 0.1) is 0 Å². The van der Waals surface area contributed by atoms with Crippen molar-refractivity contribution in [3.8, 4) is 0 Å². The van der Waals surface area contributed by atoms with E-state index in [4.69, 9.17) is 16.7 Å². The topological polar surface area (TPSA) is 71.3 Å². The summed E-state index contributed by atoms with van der Waals surface area (Å²) >= 11 is 5.94. The normalized spacial score (nSPS) is 16.1. The predicted molar refractivity (Wildman–Crippen MR) is 71.5 cm³/mol. The Bertz CT molecular complexity index is 494. The van der Waals surface area contributed by atoms with E-state index >= 15 is 0 Å². The Kier molecular flexibility index (Phi) is 4.14. The molecule has 1 aromatic heterocycles. The van der Waals surface area contributed by atoms with Crippen LogP contribution in [0.5, 0.6) is 0 Å². The maximum Gasteiger partial charge on any atom is 0.305 e. The summed E-state index contributed by atoms with van der Waals surface area (Å²) in [5, 5.41) is 12.1. The highest BCUT2D eigenvalue weighted by Crippen LogP contribution is 2.37. The number of hydrogen-bond acceptors (Lipinski definition) is 2. The Labute approximate surface area is 116 Å². The zero-order valence-electron chi connectivity index (χ0n) is 10.7. The fourth-order valence-electron chi connectivity index (χ4n) is 2.05. The van der Waals surface area contributed by atoms with Crippen molar-refractivity contribution < 1.29 is 14.7 Å². The Morgan fingerprint density at radius 1 is 1.58 bits per heavy atom. The summed E-state index contributed by atoms with van der Waals surface area (Å²) in [6, 6.07) is 1.63. The van der Waals surface area contributed by atoms with Gasteiger partial charge in [-0.1, -0.05) is 18.5 Å². The molecule has 1 amide bonds. The lowest BCUT2D eigenvalue weighted by molar-refractivity contribution is -0.137. The zero-order valence-corrected chi connectivity index (χ0v) is 11.5. The summed E-state index contributed by atoms with van der Waals surface area (Å²) < 4.78 is 1.88. The van der Waals surface area contributed by atoms with Gasteiger partial charge in [-0.15, -0.1) is 0 Å². The molecule has 1 atom stereocenters. The predicted octanol–water partition coefficient (Wildman–Crippen LogP) is 2.46. The van der Waals surface area contributed by atoms with Gasteiger partial charge in [0.05, 0.1) is 11.4 Å². The number of carboxylic acids is 1. The number of carboxylic acid groups (broad SMARTS) is 1. The van der Waals surface area contributed by atoms with Crippen LogP contribution >= 0.6 is 11.6 Å². The number of halogens is 1. The molecule has 0 aliphatic heterocycles. The molecule has 0 radical (unpaired) electrons. The van der Waals surface area contributed by atoms with Crippen molar-refractivity contribution in [3.63, 3.8) is 0 Å². The van der Waals surface area contributed by atoms with Gasteiger partial charge in [-0.05, 0) is 25.3 Å². The monoisotopic (exact) mass is 284 g/mol. The van der Waals surface area contributed by atoms with Crippen LogP contribution in [-0.2, 0) is 4.79 Å².